The first-order chi connectivity index (χ1) is 8.65. The summed E-state index contributed by atoms with van der Waals surface area (Å²) in [7, 11) is 2.15. The third-order valence-corrected chi connectivity index (χ3v) is 4.41. The molecule has 2 aliphatic heterocycles. The normalized spacial score (nSPS) is 31.6. The predicted molar refractivity (Wildman–Crippen MR) is 67.6 cm³/mol. The summed E-state index contributed by atoms with van der Waals surface area (Å²) in [6.07, 6.45) is 4.36. The molecule has 2 fully saturated rings. The fourth-order valence-electron chi connectivity index (χ4n) is 3.37. The van der Waals surface area contributed by atoms with Crippen LogP contribution in [0.4, 0.5) is 14.5 Å². The van der Waals surface area contributed by atoms with Gasteiger partial charge in [0.2, 0.25) is 0 Å². The number of rotatable bonds is 2. The Morgan fingerprint density at radius 2 is 1.67 bits per heavy atom. The van der Waals surface area contributed by atoms with Crippen LogP contribution in [-0.2, 0) is 0 Å². The summed E-state index contributed by atoms with van der Waals surface area (Å²) in [5.74, 6) is -0.998. The Bertz CT molecular complexity index is 415. The minimum atomic E-state index is -0.499. The van der Waals surface area contributed by atoms with E-state index >= 15 is 0 Å². The summed E-state index contributed by atoms with van der Waals surface area (Å²) >= 11 is 0. The lowest BCUT2D eigenvalue weighted by atomic mass is 9.97. The van der Waals surface area contributed by atoms with Crippen molar-refractivity contribution in [3.8, 4) is 0 Å². The van der Waals surface area contributed by atoms with Crippen molar-refractivity contribution in [2.75, 3.05) is 12.4 Å². The Balaban J connectivity index is 1.74. The Morgan fingerprint density at radius 1 is 1.11 bits per heavy atom. The highest BCUT2D eigenvalue weighted by Gasteiger charge is 2.38. The maximum Gasteiger partial charge on any atom is 0.149 e. The van der Waals surface area contributed by atoms with Gasteiger partial charge in [-0.2, -0.15) is 0 Å². The molecular formula is C14H18F2N2. The van der Waals surface area contributed by atoms with Crippen molar-refractivity contribution in [3.05, 3.63) is 29.8 Å². The van der Waals surface area contributed by atoms with Gasteiger partial charge in [-0.05, 0) is 44.9 Å². The molecule has 0 aliphatic carbocycles. The highest BCUT2D eigenvalue weighted by Crippen LogP contribution is 2.35. The molecule has 0 radical (unpaired) electrons. The zero-order valence-corrected chi connectivity index (χ0v) is 10.5. The molecule has 2 saturated heterocycles. The quantitative estimate of drug-likeness (QED) is 0.870. The van der Waals surface area contributed by atoms with Crippen LogP contribution < -0.4 is 5.32 Å². The number of para-hydroxylation sites is 1. The smallest absolute Gasteiger partial charge is 0.149 e. The lowest BCUT2D eigenvalue weighted by molar-refractivity contribution is 0.168. The van der Waals surface area contributed by atoms with Gasteiger partial charge in [0.15, 0.2) is 0 Å². The third kappa shape index (κ3) is 1.99. The van der Waals surface area contributed by atoms with Crippen molar-refractivity contribution in [3.63, 3.8) is 0 Å². The zero-order valence-electron chi connectivity index (χ0n) is 10.5. The van der Waals surface area contributed by atoms with E-state index in [2.05, 4.69) is 17.3 Å². The molecule has 0 aromatic heterocycles. The number of piperidine rings is 1. The van der Waals surface area contributed by atoms with Gasteiger partial charge in [0.05, 0.1) is 0 Å². The van der Waals surface area contributed by atoms with Gasteiger partial charge in [-0.15, -0.1) is 0 Å². The van der Waals surface area contributed by atoms with E-state index in [0.717, 1.165) is 12.8 Å². The van der Waals surface area contributed by atoms with Crippen LogP contribution >= 0.6 is 0 Å². The molecule has 2 aliphatic rings. The van der Waals surface area contributed by atoms with Crippen molar-refractivity contribution in [2.45, 2.75) is 43.8 Å². The van der Waals surface area contributed by atoms with Crippen LogP contribution in [0.3, 0.4) is 0 Å². The number of halogens is 2. The third-order valence-electron chi connectivity index (χ3n) is 4.41. The van der Waals surface area contributed by atoms with Crippen LogP contribution in [0.5, 0.6) is 0 Å². The molecule has 1 aromatic rings. The molecule has 1 N–H and O–H groups in total. The molecule has 2 nitrogen and oxygen atoms in total. The largest absolute Gasteiger partial charge is 0.377 e. The SMILES string of the molecule is CN1C2CCC1CC(Nc1c(F)cccc1F)C2. The first kappa shape index (κ1) is 11.9. The summed E-state index contributed by atoms with van der Waals surface area (Å²) in [6, 6.07) is 5.32. The van der Waals surface area contributed by atoms with E-state index < -0.39 is 11.6 Å². The van der Waals surface area contributed by atoms with Gasteiger partial charge in [0, 0.05) is 18.1 Å². The molecule has 18 heavy (non-hydrogen) atoms. The Morgan fingerprint density at radius 3 is 2.22 bits per heavy atom. The van der Waals surface area contributed by atoms with Gasteiger partial charge in [0.25, 0.3) is 0 Å². The molecule has 1 aromatic carbocycles. The van der Waals surface area contributed by atoms with Crippen molar-refractivity contribution >= 4 is 5.69 Å². The van der Waals surface area contributed by atoms with Crippen LogP contribution in [0, 0.1) is 11.6 Å². The lowest BCUT2D eigenvalue weighted by Crippen LogP contribution is -2.44. The number of hydrogen-bond donors (Lipinski definition) is 1. The Labute approximate surface area is 106 Å². The first-order valence-corrected chi connectivity index (χ1v) is 6.57. The minimum Gasteiger partial charge on any atom is -0.377 e. The van der Waals surface area contributed by atoms with E-state index in [1.807, 2.05) is 0 Å². The number of nitrogens with zero attached hydrogens (tertiary/aromatic N) is 1. The number of fused-ring (bicyclic) bond motifs is 2. The summed E-state index contributed by atoms with van der Waals surface area (Å²) in [5.41, 5.74) is 0.0338. The van der Waals surface area contributed by atoms with Gasteiger partial charge < -0.3 is 10.2 Å². The number of benzene rings is 1. The molecule has 0 spiro atoms. The van der Waals surface area contributed by atoms with Crippen molar-refractivity contribution in [2.24, 2.45) is 0 Å². The number of hydrogen-bond acceptors (Lipinski definition) is 2. The van der Waals surface area contributed by atoms with Crippen LogP contribution in [0.15, 0.2) is 18.2 Å². The summed E-state index contributed by atoms with van der Waals surface area (Å²) in [6.45, 7) is 0. The molecule has 3 rings (SSSR count). The number of nitrogens with one attached hydrogen (secondary N) is 1. The Kier molecular flexibility index (Phi) is 2.98. The lowest BCUT2D eigenvalue weighted by Gasteiger charge is -2.37. The average Bonchev–Trinajstić information content (AvgIpc) is 2.58. The van der Waals surface area contributed by atoms with Gasteiger partial charge in [-0.1, -0.05) is 6.07 Å². The van der Waals surface area contributed by atoms with Gasteiger partial charge in [-0.3, -0.25) is 0 Å². The highest BCUT2D eigenvalue weighted by molar-refractivity contribution is 5.47. The van der Waals surface area contributed by atoms with Crippen LogP contribution in [-0.4, -0.2) is 30.1 Å². The van der Waals surface area contributed by atoms with E-state index in [1.54, 1.807) is 0 Å². The van der Waals surface area contributed by atoms with E-state index in [-0.39, 0.29) is 11.7 Å². The Hall–Kier alpha value is -1.16. The second-order valence-electron chi connectivity index (χ2n) is 5.46. The highest BCUT2D eigenvalue weighted by atomic mass is 19.1. The fraction of sp³-hybridized carbons (Fsp3) is 0.571. The fourth-order valence-corrected chi connectivity index (χ4v) is 3.37. The monoisotopic (exact) mass is 252 g/mol. The second-order valence-corrected chi connectivity index (χ2v) is 5.46. The van der Waals surface area contributed by atoms with Crippen LogP contribution in [0.1, 0.15) is 25.7 Å². The van der Waals surface area contributed by atoms with Gasteiger partial charge in [-0.25, -0.2) is 8.78 Å². The molecule has 2 bridgehead atoms. The average molecular weight is 252 g/mol. The van der Waals surface area contributed by atoms with Crippen LogP contribution in [0.25, 0.3) is 0 Å². The topological polar surface area (TPSA) is 15.3 Å². The molecule has 2 unspecified atom stereocenters. The molecule has 0 amide bonds. The first-order valence-electron chi connectivity index (χ1n) is 6.57. The van der Waals surface area contributed by atoms with Gasteiger partial charge >= 0.3 is 0 Å². The van der Waals surface area contributed by atoms with Gasteiger partial charge in [0.1, 0.15) is 17.3 Å². The molecule has 98 valence electrons. The molecule has 2 heterocycles. The summed E-state index contributed by atoms with van der Waals surface area (Å²) < 4.78 is 27.2. The second kappa shape index (κ2) is 4.50. The van der Waals surface area contributed by atoms with E-state index in [4.69, 9.17) is 0 Å². The standard InChI is InChI=1S/C14H18F2N2/c1-18-10-5-6-11(18)8-9(7-10)17-14-12(15)3-2-4-13(14)16/h2-4,9-11,17H,5-8H2,1H3. The van der Waals surface area contributed by atoms with Crippen molar-refractivity contribution in [1.82, 2.24) is 4.90 Å². The maximum atomic E-state index is 13.6. The van der Waals surface area contributed by atoms with Crippen molar-refractivity contribution in [1.29, 1.82) is 0 Å². The molecular weight excluding hydrogens is 234 g/mol. The van der Waals surface area contributed by atoms with E-state index in [1.165, 1.54) is 31.0 Å². The van der Waals surface area contributed by atoms with Crippen LogP contribution in [0.2, 0.25) is 0 Å². The maximum absolute atomic E-state index is 13.6. The zero-order chi connectivity index (χ0) is 12.7. The molecule has 0 saturated carbocycles. The summed E-state index contributed by atoms with van der Waals surface area (Å²) in [4.78, 5) is 2.41. The minimum absolute atomic E-state index is 0.0338. The summed E-state index contributed by atoms with van der Waals surface area (Å²) in [5, 5.41) is 3.06. The van der Waals surface area contributed by atoms with E-state index in [0.29, 0.717) is 12.1 Å². The molecule has 2 atom stereocenters. The predicted octanol–water partition coefficient (Wildman–Crippen LogP) is 3.00. The number of anilines is 1. The van der Waals surface area contributed by atoms with E-state index in [9.17, 15) is 8.78 Å². The molecule has 4 heteroatoms. The van der Waals surface area contributed by atoms with Crippen molar-refractivity contribution < 1.29 is 8.78 Å².